The third-order valence-corrected chi connectivity index (χ3v) is 3.08. The van der Waals surface area contributed by atoms with Gasteiger partial charge >= 0.3 is 5.97 Å². The summed E-state index contributed by atoms with van der Waals surface area (Å²) in [6.45, 7) is 6.09. The molecule has 3 rings (SSSR count). The van der Waals surface area contributed by atoms with Crippen LogP contribution in [0.5, 0.6) is 0 Å². The van der Waals surface area contributed by atoms with E-state index in [0.29, 0.717) is 12.5 Å². The summed E-state index contributed by atoms with van der Waals surface area (Å²) in [5.41, 5.74) is 4.96. The van der Waals surface area contributed by atoms with Crippen LogP contribution in [-0.2, 0) is 14.3 Å². The van der Waals surface area contributed by atoms with Gasteiger partial charge in [0.25, 0.3) is 0 Å². The highest BCUT2D eigenvalue weighted by Crippen LogP contribution is 2.52. The maximum atomic E-state index is 11.8. The third-order valence-electron chi connectivity index (χ3n) is 3.08. The summed E-state index contributed by atoms with van der Waals surface area (Å²) >= 11 is 0. The van der Waals surface area contributed by atoms with Gasteiger partial charge in [-0.2, -0.15) is 0 Å². The number of ether oxygens (including phenoxy) is 2. The average Bonchev–Trinajstić information content (AvgIpc) is 2.53. The van der Waals surface area contributed by atoms with E-state index in [0.717, 1.165) is 12.8 Å². The highest BCUT2D eigenvalue weighted by molar-refractivity contribution is 5.76. The first-order chi connectivity index (χ1) is 6.85. The van der Waals surface area contributed by atoms with Gasteiger partial charge in [0, 0.05) is 12.5 Å². The van der Waals surface area contributed by atoms with E-state index in [1.165, 1.54) is 0 Å². The molecule has 2 saturated heterocycles. The maximum Gasteiger partial charge on any atom is 0.336 e. The molecule has 3 fully saturated rings. The summed E-state index contributed by atoms with van der Waals surface area (Å²) < 4.78 is 11.0. The van der Waals surface area contributed by atoms with E-state index in [9.17, 15) is 4.79 Å². The van der Waals surface area contributed by atoms with Crippen LogP contribution < -0.4 is 5.73 Å². The number of fused-ring (bicyclic) bond motifs is 1. The molecule has 1 saturated carbocycles. The summed E-state index contributed by atoms with van der Waals surface area (Å²) in [5, 5.41) is 0. The van der Waals surface area contributed by atoms with Crippen LogP contribution in [0, 0.1) is 5.92 Å². The van der Waals surface area contributed by atoms with Gasteiger partial charge in [0.2, 0.25) is 0 Å². The van der Waals surface area contributed by atoms with Crippen molar-refractivity contribution in [3.8, 4) is 0 Å². The maximum absolute atomic E-state index is 11.8. The Kier molecular flexibility index (Phi) is 2.32. The normalized spacial score (nSPS) is 38.7. The summed E-state index contributed by atoms with van der Waals surface area (Å²) in [7, 11) is 0. The molecule has 4 nitrogen and oxygen atoms in total. The van der Waals surface area contributed by atoms with Crippen molar-refractivity contribution in [3.05, 3.63) is 0 Å². The van der Waals surface area contributed by atoms with Crippen molar-refractivity contribution in [3.63, 3.8) is 0 Å². The molecule has 1 aliphatic carbocycles. The number of hydrogen-bond donors (Lipinski definition) is 1. The Bertz CT molecular complexity index is 276. The molecule has 15 heavy (non-hydrogen) atoms. The molecule has 86 valence electrons. The van der Waals surface area contributed by atoms with E-state index in [2.05, 4.69) is 0 Å². The number of rotatable bonds is 2. The zero-order valence-corrected chi connectivity index (χ0v) is 9.58. The molecule has 0 amide bonds. The lowest BCUT2D eigenvalue weighted by molar-refractivity contribution is -0.168. The van der Waals surface area contributed by atoms with Crippen LogP contribution >= 0.6 is 0 Å². The quantitative estimate of drug-likeness (QED) is 0.690. The van der Waals surface area contributed by atoms with Gasteiger partial charge in [-0.05, 0) is 33.6 Å². The Morgan fingerprint density at radius 2 is 2.13 bits per heavy atom. The minimum Gasteiger partial charge on any atom is -0.458 e. The zero-order chi connectivity index (χ0) is 11.3. The van der Waals surface area contributed by atoms with E-state index in [-0.39, 0.29) is 17.7 Å². The number of nitrogens with two attached hydrogens (primary N) is 1. The molecular formula is C11H19NO3. The fraction of sp³-hybridized carbons (Fsp3) is 0.909. The highest BCUT2D eigenvalue weighted by Gasteiger charge is 2.59. The summed E-state index contributed by atoms with van der Waals surface area (Å²) in [6.07, 6.45) is 1.44. The van der Waals surface area contributed by atoms with Crippen molar-refractivity contribution < 1.29 is 14.3 Å². The van der Waals surface area contributed by atoms with E-state index in [1.54, 1.807) is 0 Å². The number of carbonyl (C=O) groups is 1. The van der Waals surface area contributed by atoms with Crippen LogP contribution in [0.4, 0.5) is 0 Å². The van der Waals surface area contributed by atoms with Crippen molar-refractivity contribution in [1.82, 2.24) is 0 Å². The van der Waals surface area contributed by atoms with Gasteiger partial charge in [-0.3, -0.25) is 0 Å². The second kappa shape index (κ2) is 3.19. The Balaban J connectivity index is 1.95. The predicted octanol–water partition coefficient (Wildman–Crippen LogP) is 0.834. The van der Waals surface area contributed by atoms with Crippen molar-refractivity contribution >= 4 is 5.97 Å². The molecule has 2 N–H and O–H groups in total. The molecular weight excluding hydrogens is 194 g/mol. The van der Waals surface area contributed by atoms with Gasteiger partial charge in [-0.15, -0.1) is 0 Å². The van der Waals surface area contributed by atoms with Gasteiger partial charge in [-0.25, -0.2) is 4.79 Å². The summed E-state index contributed by atoms with van der Waals surface area (Å²) in [5.74, 6) is 0.0868. The minimum absolute atomic E-state index is 0.216. The molecule has 0 aromatic heterocycles. The number of esters is 1. The van der Waals surface area contributed by atoms with Crippen molar-refractivity contribution in [2.24, 2.45) is 11.7 Å². The van der Waals surface area contributed by atoms with Crippen LogP contribution in [0.3, 0.4) is 0 Å². The number of hydrogen-bond acceptors (Lipinski definition) is 4. The van der Waals surface area contributed by atoms with Crippen molar-refractivity contribution in [1.29, 1.82) is 0 Å². The predicted molar refractivity (Wildman–Crippen MR) is 55.2 cm³/mol. The molecule has 4 heteroatoms. The van der Waals surface area contributed by atoms with E-state index in [4.69, 9.17) is 15.2 Å². The SMILES string of the molecule is CC(C)(C)OC(=O)C1OC2(CN)CC1C2. The first kappa shape index (κ1) is 10.9. The topological polar surface area (TPSA) is 61.5 Å². The molecule has 0 aromatic carbocycles. The fourth-order valence-corrected chi connectivity index (χ4v) is 2.39. The second-order valence-corrected chi connectivity index (χ2v) is 5.63. The lowest BCUT2D eigenvalue weighted by Gasteiger charge is -2.33. The van der Waals surface area contributed by atoms with Crippen LogP contribution in [0.2, 0.25) is 0 Å². The monoisotopic (exact) mass is 213 g/mol. The van der Waals surface area contributed by atoms with Gasteiger partial charge < -0.3 is 15.2 Å². The standard InChI is InChI=1S/C11H19NO3/c1-10(2,3)15-9(13)8-7-4-11(5-7,6-12)14-8/h7-8H,4-6,12H2,1-3H3. The van der Waals surface area contributed by atoms with Crippen LogP contribution in [0.25, 0.3) is 0 Å². The van der Waals surface area contributed by atoms with Gasteiger partial charge in [0.15, 0.2) is 6.10 Å². The van der Waals surface area contributed by atoms with E-state index >= 15 is 0 Å². The molecule has 1 unspecified atom stereocenters. The smallest absolute Gasteiger partial charge is 0.336 e. The van der Waals surface area contributed by atoms with Crippen molar-refractivity contribution in [2.75, 3.05) is 6.54 Å². The molecule has 1 atom stereocenters. The minimum atomic E-state index is -0.441. The van der Waals surface area contributed by atoms with Crippen LogP contribution in [0.1, 0.15) is 33.6 Å². The first-order valence-corrected chi connectivity index (χ1v) is 5.46. The van der Waals surface area contributed by atoms with E-state index < -0.39 is 5.60 Å². The summed E-state index contributed by atoms with van der Waals surface area (Å²) in [6, 6.07) is 0. The lowest BCUT2D eigenvalue weighted by Crippen LogP contribution is -2.43. The highest BCUT2D eigenvalue weighted by atomic mass is 16.6. The van der Waals surface area contributed by atoms with Gasteiger partial charge in [0.05, 0.1) is 5.60 Å². The van der Waals surface area contributed by atoms with Gasteiger partial charge in [0.1, 0.15) is 5.60 Å². The number of carbonyl (C=O) groups excluding carboxylic acids is 1. The molecule has 3 aliphatic rings. The van der Waals surface area contributed by atoms with Gasteiger partial charge in [-0.1, -0.05) is 0 Å². The second-order valence-electron chi connectivity index (χ2n) is 5.63. The molecule has 0 aromatic rings. The molecule has 0 spiro atoms. The lowest BCUT2D eigenvalue weighted by atomic mass is 9.72. The Hall–Kier alpha value is -0.610. The Morgan fingerprint density at radius 3 is 2.53 bits per heavy atom. The van der Waals surface area contributed by atoms with Crippen molar-refractivity contribution in [2.45, 2.75) is 50.9 Å². The molecule has 2 aliphatic heterocycles. The molecule has 2 heterocycles. The van der Waals surface area contributed by atoms with Crippen LogP contribution in [-0.4, -0.2) is 29.8 Å². The zero-order valence-electron chi connectivity index (χ0n) is 9.58. The molecule has 2 bridgehead atoms. The largest absolute Gasteiger partial charge is 0.458 e. The average molecular weight is 213 g/mol. The third kappa shape index (κ3) is 1.88. The fourth-order valence-electron chi connectivity index (χ4n) is 2.39. The summed E-state index contributed by atoms with van der Waals surface area (Å²) in [4.78, 5) is 11.8. The molecule has 0 radical (unpaired) electrons. The van der Waals surface area contributed by atoms with Crippen LogP contribution in [0.15, 0.2) is 0 Å². The first-order valence-electron chi connectivity index (χ1n) is 5.46. The Labute approximate surface area is 90.1 Å². The van der Waals surface area contributed by atoms with E-state index in [1.807, 2.05) is 20.8 Å². The Morgan fingerprint density at radius 1 is 1.53 bits per heavy atom.